The first-order valence-corrected chi connectivity index (χ1v) is 10.5. The predicted molar refractivity (Wildman–Crippen MR) is 111 cm³/mol. The number of amides is 1. The van der Waals surface area contributed by atoms with Gasteiger partial charge in [0.25, 0.3) is 0 Å². The van der Waals surface area contributed by atoms with Crippen molar-refractivity contribution < 1.29 is 14.3 Å². The normalized spacial score (nSPS) is 23.2. The fourth-order valence-corrected chi connectivity index (χ4v) is 3.86. The zero-order valence-corrected chi connectivity index (χ0v) is 17.7. The maximum Gasteiger partial charge on any atom is 0.414 e. The Morgan fingerprint density at radius 1 is 1.28 bits per heavy atom. The molecular formula is C22H30N4O3. The summed E-state index contributed by atoms with van der Waals surface area (Å²) in [5.41, 5.74) is 2.79. The van der Waals surface area contributed by atoms with Crippen molar-refractivity contribution in [3.05, 3.63) is 30.1 Å². The van der Waals surface area contributed by atoms with Crippen molar-refractivity contribution in [2.24, 2.45) is 5.92 Å². The van der Waals surface area contributed by atoms with Crippen LogP contribution in [0.2, 0.25) is 0 Å². The van der Waals surface area contributed by atoms with E-state index in [9.17, 15) is 4.79 Å². The van der Waals surface area contributed by atoms with Crippen molar-refractivity contribution in [2.45, 2.75) is 65.2 Å². The predicted octanol–water partition coefficient (Wildman–Crippen LogP) is 4.75. The Balaban J connectivity index is 1.64. The van der Waals surface area contributed by atoms with Crippen molar-refractivity contribution in [1.29, 1.82) is 0 Å². The average molecular weight is 399 g/mol. The second-order valence-electron chi connectivity index (χ2n) is 9.03. The highest BCUT2D eigenvalue weighted by Crippen LogP contribution is 2.31. The quantitative estimate of drug-likeness (QED) is 0.730. The first kappa shape index (κ1) is 19.9. The zero-order valence-electron chi connectivity index (χ0n) is 17.7. The van der Waals surface area contributed by atoms with Gasteiger partial charge < -0.3 is 9.47 Å². The molecule has 1 amide bonds. The molecule has 29 heavy (non-hydrogen) atoms. The Hall–Kier alpha value is -2.41. The molecule has 0 aliphatic carbocycles. The minimum atomic E-state index is -0.540. The topological polar surface area (TPSA) is 69.5 Å². The molecular weight excluding hydrogens is 368 g/mol. The van der Waals surface area contributed by atoms with Gasteiger partial charge in [-0.05, 0) is 64.5 Å². The standard InChI is InChI=1S/C22H30N4O3/c1-15-8-10-18(25(14-15)21(27)29-22(2,3)4)16-9-11-19-17(24-16)13-23-26(19)20-7-5-6-12-28-20/h9-11,13,15,20H,5-8,12,14H2,1-4H3. The van der Waals surface area contributed by atoms with Crippen LogP contribution in [0, 0.1) is 5.92 Å². The summed E-state index contributed by atoms with van der Waals surface area (Å²) < 4.78 is 13.4. The van der Waals surface area contributed by atoms with E-state index in [-0.39, 0.29) is 12.3 Å². The van der Waals surface area contributed by atoms with Crippen LogP contribution < -0.4 is 0 Å². The van der Waals surface area contributed by atoms with Crippen molar-refractivity contribution in [1.82, 2.24) is 19.7 Å². The maximum atomic E-state index is 12.8. The van der Waals surface area contributed by atoms with Crippen molar-refractivity contribution in [3.8, 4) is 0 Å². The highest BCUT2D eigenvalue weighted by Gasteiger charge is 2.30. The molecule has 1 fully saturated rings. The van der Waals surface area contributed by atoms with Crippen LogP contribution in [0.25, 0.3) is 16.7 Å². The number of hydrogen-bond donors (Lipinski definition) is 0. The largest absolute Gasteiger partial charge is 0.443 e. The van der Waals surface area contributed by atoms with Crippen molar-refractivity contribution in [3.63, 3.8) is 0 Å². The Morgan fingerprint density at radius 3 is 2.83 bits per heavy atom. The minimum Gasteiger partial charge on any atom is -0.443 e. The molecule has 2 aromatic heterocycles. The second kappa shape index (κ2) is 7.78. The summed E-state index contributed by atoms with van der Waals surface area (Å²) in [5.74, 6) is 0.376. The number of carbonyl (C=O) groups excluding carboxylic acids is 1. The number of carbonyl (C=O) groups is 1. The van der Waals surface area contributed by atoms with Gasteiger partial charge in [0.15, 0.2) is 6.23 Å². The van der Waals surface area contributed by atoms with Gasteiger partial charge in [-0.15, -0.1) is 0 Å². The molecule has 0 saturated carbocycles. The molecule has 2 aromatic rings. The number of aromatic nitrogens is 3. The van der Waals surface area contributed by atoms with Gasteiger partial charge >= 0.3 is 6.09 Å². The van der Waals surface area contributed by atoms with Gasteiger partial charge in [0.2, 0.25) is 0 Å². The lowest BCUT2D eigenvalue weighted by molar-refractivity contribution is -0.0366. The van der Waals surface area contributed by atoms with Crippen LogP contribution in [-0.2, 0) is 9.47 Å². The Labute approximate surface area is 171 Å². The van der Waals surface area contributed by atoms with E-state index in [1.165, 1.54) is 0 Å². The summed E-state index contributed by atoms with van der Waals surface area (Å²) in [4.78, 5) is 19.3. The van der Waals surface area contributed by atoms with Crippen LogP contribution in [0.3, 0.4) is 0 Å². The fourth-order valence-electron chi connectivity index (χ4n) is 3.86. The van der Waals surface area contributed by atoms with Crippen LogP contribution in [0.5, 0.6) is 0 Å². The lowest BCUT2D eigenvalue weighted by atomic mass is 10.0. The lowest BCUT2D eigenvalue weighted by Gasteiger charge is -2.33. The summed E-state index contributed by atoms with van der Waals surface area (Å²) in [5, 5.41) is 4.52. The van der Waals surface area contributed by atoms with Crippen LogP contribution in [-0.4, -0.2) is 44.5 Å². The lowest BCUT2D eigenvalue weighted by Crippen LogP contribution is -2.40. The summed E-state index contributed by atoms with van der Waals surface area (Å²) >= 11 is 0. The van der Waals surface area contributed by atoms with Gasteiger partial charge in [0, 0.05) is 13.2 Å². The first-order valence-electron chi connectivity index (χ1n) is 10.5. The molecule has 7 heteroatoms. The third-order valence-corrected chi connectivity index (χ3v) is 5.26. The van der Waals surface area contributed by atoms with Crippen LogP contribution in [0.15, 0.2) is 24.4 Å². The van der Waals surface area contributed by atoms with Crippen molar-refractivity contribution in [2.75, 3.05) is 13.2 Å². The summed E-state index contributed by atoms with van der Waals surface area (Å²) in [7, 11) is 0. The number of fused-ring (bicyclic) bond motifs is 1. The summed E-state index contributed by atoms with van der Waals surface area (Å²) in [6.07, 6.45) is 7.63. The molecule has 156 valence electrons. The van der Waals surface area contributed by atoms with E-state index in [4.69, 9.17) is 14.5 Å². The van der Waals surface area contributed by atoms with Gasteiger partial charge in [0.05, 0.1) is 23.1 Å². The summed E-state index contributed by atoms with van der Waals surface area (Å²) in [6, 6.07) is 3.98. The first-order chi connectivity index (χ1) is 13.8. The van der Waals surface area contributed by atoms with Crippen LogP contribution in [0.1, 0.15) is 65.3 Å². The van der Waals surface area contributed by atoms with Gasteiger partial charge in [-0.2, -0.15) is 5.10 Å². The molecule has 0 N–H and O–H groups in total. The molecule has 0 aromatic carbocycles. The minimum absolute atomic E-state index is 0.0260. The molecule has 4 rings (SSSR count). The molecule has 1 saturated heterocycles. The third-order valence-electron chi connectivity index (χ3n) is 5.26. The highest BCUT2D eigenvalue weighted by molar-refractivity contribution is 5.84. The Bertz CT molecular complexity index is 922. The molecule has 7 nitrogen and oxygen atoms in total. The van der Waals surface area contributed by atoms with E-state index < -0.39 is 5.60 Å². The van der Waals surface area contributed by atoms with Gasteiger partial charge in [-0.3, -0.25) is 4.90 Å². The monoisotopic (exact) mass is 398 g/mol. The molecule has 0 radical (unpaired) electrons. The number of ether oxygens (including phenoxy) is 2. The molecule has 4 heterocycles. The fraction of sp³-hybridized carbons (Fsp3) is 0.591. The molecule has 2 aliphatic heterocycles. The number of nitrogens with zero attached hydrogens (tertiary/aromatic N) is 4. The van der Waals surface area contributed by atoms with E-state index in [1.807, 2.05) is 37.6 Å². The zero-order chi connectivity index (χ0) is 20.6. The molecule has 2 unspecified atom stereocenters. The van der Waals surface area contributed by atoms with Crippen molar-refractivity contribution >= 4 is 22.8 Å². The number of pyridine rings is 1. The SMILES string of the molecule is CC1CC=C(c2ccc3c(cnn3C3CCCCO3)n2)N(C(=O)OC(C)(C)C)C1. The third kappa shape index (κ3) is 4.29. The van der Waals surface area contributed by atoms with E-state index in [0.717, 1.165) is 54.7 Å². The van der Waals surface area contributed by atoms with Crippen LogP contribution in [0.4, 0.5) is 4.79 Å². The Morgan fingerprint density at radius 2 is 2.10 bits per heavy atom. The van der Waals surface area contributed by atoms with E-state index in [0.29, 0.717) is 12.5 Å². The number of allylic oxidation sites excluding steroid dienone is 1. The highest BCUT2D eigenvalue weighted by atomic mass is 16.6. The van der Waals surface area contributed by atoms with E-state index in [1.54, 1.807) is 11.1 Å². The Kier molecular flexibility index (Phi) is 5.34. The maximum absolute atomic E-state index is 12.8. The average Bonchev–Trinajstić information content (AvgIpc) is 3.10. The summed E-state index contributed by atoms with van der Waals surface area (Å²) in [6.45, 7) is 9.17. The number of rotatable bonds is 2. The number of hydrogen-bond acceptors (Lipinski definition) is 5. The van der Waals surface area contributed by atoms with Gasteiger partial charge in [-0.1, -0.05) is 13.0 Å². The molecule has 0 spiro atoms. The molecule has 0 bridgehead atoms. The van der Waals surface area contributed by atoms with E-state index >= 15 is 0 Å². The van der Waals surface area contributed by atoms with Crippen LogP contribution >= 0.6 is 0 Å². The smallest absolute Gasteiger partial charge is 0.414 e. The van der Waals surface area contributed by atoms with Gasteiger partial charge in [-0.25, -0.2) is 14.5 Å². The molecule has 2 atom stereocenters. The molecule has 2 aliphatic rings. The van der Waals surface area contributed by atoms with Gasteiger partial charge in [0.1, 0.15) is 11.1 Å². The van der Waals surface area contributed by atoms with E-state index in [2.05, 4.69) is 18.1 Å². The second-order valence-corrected chi connectivity index (χ2v) is 9.03.